The van der Waals surface area contributed by atoms with Gasteiger partial charge in [-0.15, -0.1) is 0 Å². The van der Waals surface area contributed by atoms with Crippen LogP contribution in [-0.2, 0) is 0 Å². The zero-order valence-electron chi connectivity index (χ0n) is 9.87. The predicted octanol–water partition coefficient (Wildman–Crippen LogP) is 1.17. The van der Waals surface area contributed by atoms with Crippen LogP contribution in [0.15, 0.2) is 23.2 Å². The predicted molar refractivity (Wildman–Crippen MR) is 67.7 cm³/mol. The van der Waals surface area contributed by atoms with Crippen LogP contribution in [0.25, 0.3) is 0 Å². The number of nitrogens with zero attached hydrogens (tertiary/aromatic N) is 2. The van der Waals surface area contributed by atoms with Gasteiger partial charge in [0.1, 0.15) is 5.82 Å². The maximum Gasteiger partial charge on any atom is 0.225 e. The number of halogens is 1. The average molecular weight is 237 g/mol. The molecule has 0 fully saturated rings. The van der Waals surface area contributed by atoms with Gasteiger partial charge in [-0.3, -0.25) is 5.41 Å². The number of anilines is 1. The van der Waals surface area contributed by atoms with Gasteiger partial charge in [-0.25, -0.2) is 4.39 Å². The summed E-state index contributed by atoms with van der Waals surface area (Å²) in [6, 6.07) is 4.77. The lowest BCUT2D eigenvalue weighted by atomic mass is 10.2. The molecular formula is C11H16FN5. The van der Waals surface area contributed by atoms with Gasteiger partial charge < -0.3 is 16.4 Å². The molecule has 0 saturated heterocycles. The molecule has 0 aliphatic heterocycles. The normalized spacial score (nSPS) is 9.82. The number of aliphatic imine (C=N–C) groups is 1. The van der Waals surface area contributed by atoms with Crippen LogP contribution in [0.5, 0.6) is 0 Å². The summed E-state index contributed by atoms with van der Waals surface area (Å²) in [5.41, 5.74) is 11.5. The van der Waals surface area contributed by atoms with Crippen molar-refractivity contribution in [3.8, 4) is 0 Å². The summed E-state index contributed by atoms with van der Waals surface area (Å²) in [5, 5.41) is 7.68. The minimum Gasteiger partial charge on any atom is -0.370 e. The Hall–Kier alpha value is -2.11. The molecule has 0 bridgehead atoms. The zero-order valence-corrected chi connectivity index (χ0v) is 9.87. The molecule has 0 heterocycles. The molecule has 1 aromatic carbocycles. The van der Waals surface area contributed by atoms with E-state index in [0.717, 1.165) is 5.56 Å². The van der Waals surface area contributed by atoms with Gasteiger partial charge in [0.2, 0.25) is 5.96 Å². The van der Waals surface area contributed by atoms with E-state index >= 15 is 0 Å². The van der Waals surface area contributed by atoms with Gasteiger partial charge in [0, 0.05) is 6.54 Å². The van der Waals surface area contributed by atoms with E-state index in [9.17, 15) is 4.39 Å². The lowest BCUT2D eigenvalue weighted by Gasteiger charge is -2.21. The van der Waals surface area contributed by atoms with Crippen LogP contribution in [0.4, 0.5) is 10.1 Å². The maximum absolute atomic E-state index is 13.7. The molecule has 0 saturated carbocycles. The monoisotopic (exact) mass is 237 g/mol. The van der Waals surface area contributed by atoms with Crippen LogP contribution in [0.3, 0.4) is 0 Å². The van der Waals surface area contributed by atoms with Crippen molar-refractivity contribution < 1.29 is 4.39 Å². The molecule has 5 nitrogen and oxygen atoms in total. The largest absolute Gasteiger partial charge is 0.370 e. The van der Waals surface area contributed by atoms with E-state index in [4.69, 9.17) is 16.9 Å². The highest BCUT2D eigenvalue weighted by atomic mass is 19.1. The van der Waals surface area contributed by atoms with Gasteiger partial charge in [0.05, 0.1) is 5.69 Å². The molecule has 0 spiro atoms. The van der Waals surface area contributed by atoms with Crippen LogP contribution in [0, 0.1) is 18.2 Å². The van der Waals surface area contributed by atoms with Gasteiger partial charge in [-0.1, -0.05) is 6.07 Å². The van der Waals surface area contributed by atoms with Crippen LogP contribution in [-0.4, -0.2) is 18.5 Å². The van der Waals surface area contributed by atoms with Crippen molar-refractivity contribution >= 4 is 17.6 Å². The molecule has 0 aliphatic carbocycles. The number of hydrogen-bond donors (Lipinski definition) is 3. The van der Waals surface area contributed by atoms with E-state index in [-0.39, 0.29) is 17.6 Å². The van der Waals surface area contributed by atoms with Crippen molar-refractivity contribution in [1.82, 2.24) is 0 Å². The Balaban J connectivity index is 3.10. The fourth-order valence-corrected chi connectivity index (χ4v) is 1.45. The van der Waals surface area contributed by atoms with E-state index in [2.05, 4.69) is 4.99 Å². The van der Waals surface area contributed by atoms with Gasteiger partial charge >= 0.3 is 0 Å². The zero-order chi connectivity index (χ0) is 13.0. The second-order valence-corrected chi connectivity index (χ2v) is 3.56. The first kappa shape index (κ1) is 13.0. The first-order valence-electron chi connectivity index (χ1n) is 5.17. The average Bonchev–Trinajstić information content (AvgIpc) is 2.21. The summed E-state index contributed by atoms with van der Waals surface area (Å²) in [7, 11) is 0. The summed E-state index contributed by atoms with van der Waals surface area (Å²) in [6.45, 7) is 3.98. The Morgan fingerprint density at radius 3 is 2.59 bits per heavy atom. The molecule has 6 heteroatoms. The Morgan fingerprint density at radius 2 is 2.12 bits per heavy atom. The highest BCUT2D eigenvalue weighted by Crippen LogP contribution is 2.20. The quantitative estimate of drug-likeness (QED) is 0.532. The van der Waals surface area contributed by atoms with Crippen LogP contribution < -0.4 is 16.4 Å². The lowest BCUT2D eigenvalue weighted by Crippen LogP contribution is -2.33. The lowest BCUT2D eigenvalue weighted by molar-refractivity contribution is 0.625. The summed E-state index contributed by atoms with van der Waals surface area (Å²) in [5.74, 6) is -0.807. The molecule has 92 valence electrons. The summed E-state index contributed by atoms with van der Waals surface area (Å²) >= 11 is 0. The van der Waals surface area contributed by atoms with Crippen LogP contribution in [0.1, 0.15) is 12.5 Å². The molecule has 1 aromatic rings. The fourth-order valence-electron chi connectivity index (χ4n) is 1.45. The molecule has 0 radical (unpaired) electrons. The highest BCUT2D eigenvalue weighted by molar-refractivity contribution is 6.01. The number of guanidine groups is 2. The number of nitrogens with two attached hydrogens (primary N) is 2. The van der Waals surface area contributed by atoms with Crippen LogP contribution in [0.2, 0.25) is 0 Å². The molecule has 17 heavy (non-hydrogen) atoms. The number of benzene rings is 1. The second-order valence-electron chi connectivity index (χ2n) is 3.56. The third kappa shape index (κ3) is 3.17. The summed E-state index contributed by atoms with van der Waals surface area (Å²) in [6.07, 6.45) is 0. The molecular weight excluding hydrogens is 221 g/mol. The maximum atomic E-state index is 13.7. The molecule has 0 amide bonds. The van der Waals surface area contributed by atoms with E-state index in [1.807, 2.05) is 0 Å². The number of aryl methyl sites for hydroxylation is 1. The van der Waals surface area contributed by atoms with Crippen molar-refractivity contribution in [2.45, 2.75) is 13.8 Å². The molecule has 0 aliphatic rings. The summed E-state index contributed by atoms with van der Waals surface area (Å²) in [4.78, 5) is 4.99. The van der Waals surface area contributed by atoms with E-state index < -0.39 is 5.82 Å². The molecule has 1 rings (SSSR count). The van der Waals surface area contributed by atoms with Gasteiger partial charge in [-0.2, -0.15) is 4.99 Å². The highest BCUT2D eigenvalue weighted by Gasteiger charge is 2.14. The summed E-state index contributed by atoms with van der Waals surface area (Å²) < 4.78 is 13.7. The van der Waals surface area contributed by atoms with Crippen molar-refractivity contribution in [2.24, 2.45) is 16.5 Å². The second kappa shape index (κ2) is 5.29. The Morgan fingerprint density at radius 1 is 1.47 bits per heavy atom. The molecule has 0 atom stereocenters. The first-order chi connectivity index (χ1) is 7.95. The van der Waals surface area contributed by atoms with E-state index in [1.54, 1.807) is 26.0 Å². The molecule has 0 aromatic heterocycles. The van der Waals surface area contributed by atoms with E-state index in [1.165, 1.54) is 11.0 Å². The minimum absolute atomic E-state index is 0.185. The number of rotatable bonds is 2. The Labute approximate surface area is 99.4 Å². The topological polar surface area (TPSA) is 91.5 Å². The number of nitrogens with one attached hydrogen (secondary N) is 1. The van der Waals surface area contributed by atoms with Gasteiger partial charge in [-0.05, 0) is 31.5 Å². The van der Waals surface area contributed by atoms with Crippen molar-refractivity contribution in [2.75, 3.05) is 11.4 Å². The molecule has 0 unspecified atom stereocenters. The first-order valence-corrected chi connectivity index (χ1v) is 5.17. The molecule has 5 N–H and O–H groups in total. The van der Waals surface area contributed by atoms with Crippen molar-refractivity contribution in [1.29, 1.82) is 5.41 Å². The Bertz CT molecular complexity index is 451. The SMILES string of the molecule is CCN(C(=N)N=C(N)N)c1ccc(C)cc1F. The van der Waals surface area contributed by atoms with Crippen molar-refractivity contribution in [3.05, 3.63) is 29.6 Å². The fraction of sp³-hybridized carbons (Fsp3) is 0.273. The van der Waals surface area contributed by atoms with Crippen molar-refractivity contribution in [3.63, 3.8) is 0 Å². The van der Waals surface area contributed by atoms with Gasteiger partial charge in [0.15, 0.2) is 5.96 Å². The Kier molecular flexibility index (Phi) is 4.03. The van der Waals surface area contributed by atoms with Gasteiger partial charge in [0.25, 0.3) is 0 Å². The van der Waals surface area contributed by atoms with Crippen LogP contribution >= 0.6 is 0 Å². The van der Waals surface area contributed by atoms with E-state index in [0.29, 0.717) is 6.54 Å². The third-order valence-electron chi connectivity index (χ3n) is 2.20. The smallest absolute Gasteiger partial charge is 0.225 e. The minimum atomic E-state index is -0.401. The number of hydrogen-bond acceptors (Lipinski definition) is 1. The third-order valence-corrected chi connectivity index (χ3v) is 2.20. The standard InChI is InChI=1S/C11H16FN5/c1-3-17(11(15)16-10(13)14)9-5-4-7(2)6-8(9)12/h4-6H,3H2,1-2H3,(H5,13,14,15,16).